The predicted molar refractivity (Wildman–Crippen MR) is 156 cm³/mol. The Morgan fingerprint density at radius 2 is 1.69 bits per heavy atom. The number of amides is 1. The molecule has 6 rings (SSSR count). The summed E-state index contributed by atoms with van der Waals surface area (Å²) in [5.41, 5.74) is 3.46. The molecule has 2 saturated heterocycles. The molecular weight excluding hydrogens is 488 g/mol. The number of piperazine rings is 1. The van der Waals surface area contributed by atoms with Crippen LogP contribution in [0.1, 0.15) is 30.5 Å². The van der Waals surface area contributed by atoms with E-state index in [2.05, 4.69) is 57.2 Å². The van der Waals surface area contributed by atoms with Crippen molar-refractivity contribution in [3.8, 4) is 6.01 Å². The lowest BCUT2D eigenvalue weighted by Crippen LogP contribution is -2.49. The number of rotatable bonds is 6. The number of hydrogen-bond acceptors (Lipinski definition) is 7. The van der Waals surface area contributed by atoms with Crippen molar-refractivity contribution in [2.24, 2.45) is 0 Å². The fourth-order valence-corrected chi connectivity index (χ4v) is 6.12. The standard InChI is InChI=1S/C31H38N6O2/c1-39-31-32-27-23-37(28-12-7-10-24-9-3-4-11-25(24)28)18-14-26(27)30(33-31)36-21-19-35(20-22-36)29(38)13-8-17-34-15-5-2-6-16-34/h3-4,7-13H,2,5-6,14-23H2,1H3/b13-8+. The fraction of sp³-hybridized carbons (Fsp3) is 0.452. The van der Waals surface area contributed by atoms with Crippen molar-refractivity contribution >= 4 is 28.2 Å². The Hall–Kier alpha value is -3.65. The van der Waals surface area contributed by atoms with Crippen molar-refractivity contribution in [3.05, 3.63) is 65.9 Å². The summed E-state index contributed by atoms with van der Waals surface area (Å²) in [6.07, 6.45) is 8.53. The maximum atomic E-state index is 12.8. The number of ether oxygens (including phenoxy) is 1. The first-order valence-corrected chi connectivity index (χ1v) is 14.3. The van der Waals surface area contributed by atoms with E-state index in [9.17, 15) is 4.79 Å². The van der Waals surface area contributed by atoms with Crippen LogP contribution in [0.15, 0.2) is 54.6 Å². The zero-order valence-corrected chi connectivity index (χ0v) is 22.9. The third-order valence-corrected chi connectivity index (χ3v) is 8.28. The molecule has 8 nitrogen and oxygen atoms in total. The van der Waals surface area contributed by atoms with Crippen molar-refractivity contribution in [2.75, 3.05) is 69.3 Å². The quantitative estimate of drug-likeness (QED) is 0.452. The highest BCUT2D eigenvalue weighted by Crippen LogP contribution is 2.34. The Labute approximate surface area is 230 Å². The molecule has 4 heterocycles. The minimum Gasteiger partial charge on any atom is -0.467 e. The topological polar surface area (TPSA) is 65.0 Å². The monoisotopic (exact) mass is 526 g/mol. The van der Waals surface area contributed by atoms with Gasteiger partial charge in [-0.2, -0.15) is 9.97 Å². The third kappa shape index (κ3) is 5.57. The SMILES string of the molecule is COc1nc2c(c(N3CCN(C(=O)/C=C/CN4CCCCC4)CC3)n1)CCN(c1cccc3ccccc13)C2. The van der Waals surface area contributed by atoms with Crippen LogP contribution in [-0.4, -0.2) is 85.1 Å². The minimum absolute atomic E-state index is 0.111. The van der Waals surface area contributed by atoms with Gasteiger partial charge in [-0.05, 0) is 43.8 Å². The average Bonchev–Trinajstić information content (AvgIpc) is 3.00. The van der Waals surface area contributed by atoms with E-state index in [0.29, 0.717) is 19.1 Å². The average molecular weight is 527 g/mol. The molecule has 0 atom stereocenters. The first-order valence-electron chi connectivity index (χ1n) is 14.3. The second-order valence-electron chi connectivity index (χ2n) is 10.7. The molecule has 8 heteroatoms. The first-order chi connectivity index (χ1) is 19.2. The third-order valence-electron chi connectivity index (χ3n) is 8.28. The zero-order chi connectivity index (χ0) is 26.6. The number of piperidine rings is 1. The van der Waals surface area contributed by atoms with Crippen LogP contribution in [0.4, 0.5) is 11.5 Å². The maximum Gasteiger partial charge on any atom is 0.318 e. The molecule has 3 aromatic rings. The maximum absolute atomic E-state index is 12.8. The number of carbonyl (C=O) groups excluding carboxylic acids is 1. The van der Waals surface area contributed by atoms with Crippen molar-refractivity contribution in [3.63, 3.8) is 0 Å². The number of aromatic nitrogens is 2. The van der Waals surface area contributed by atoms with Gasteiger partial charge in [-0.15, -0.1) is 0 Å². The number of nitrogens with zero attached hydrogens (tertiary/aromatic N) is 6. The van der Waals surface area contributed by atoms with Crippen LogP contribution in [0.2, 0.25) is 0 Å². The van der Waals surface area contributed by atoms with Gasteiger partial charge in [0.1, 0.15) is 5.82 Å². The summed E-state index contributed by atoms with van der Waals surface area (Å²) in [7, 11) is 1.63. The van der Waals surface area contributed by atoms with Gasteiger partial charge in [0.25, 0.3) is 0 Å². The molecule has 1 aromatic heterocycles. The Kier molecular flexibility index (Phi) is 7.63. The molecule has 0 radical (unpaired) electrons. The Balaban J connectivity index is 1.14. The molecule has 39 heavy (non-hydrogen) atoms. The number of likely N-dealkylation sites (tertiary alicyclic amines) is 1. The van der Waals surface area contributed by atoms with Gasteiger partial charge in [0.2, 0.25) is 5.91 Å². The molecular formula is C31H38N6O2. The lowest BCUT2D eigenvalue weighted by atomic mass is 10.0. The van der Waals surface area contributed by atoms with Gasteiger partial charge in [0.15, 0.2) is 0 Å². The summed E-state index contributed by atoms with van der Waals surface area (Å²) in [6, 6.07) is 15.4. The summed E-state index contributed by atoms with van der Waals surface area (Å²) in [5, 5.41) is 2.51. The first kappa shape index (κ1) is 25.6. The molecule has 0 aliphatic carbocycles. The predicted octanol–water partition coefficient (Wildman–Crippen LogP) is 3.89. The van der Waals surface area contributed by atoms with E-state index in [0.717, 1.165) is 63.7 Å². The van der Waals surface area contributed by atoms with Gasteiger partial charge >= 0.3 is 6.01 Å². The highest BCUT2D eigenvalue weighted by molar-refractivity contribution is 5.94. The van der Waals surface area contributed by atoms with Crippen LogP contribution in [0.5, 0.6) is 6.01 Å². The van der Waals surface area contributed by atoms with E-state index in [1.165, 1.54) is 41.3 Å². The van der Waals surface area contributed by atoms with Crippen LogP contribution >= 0.6 is 0 Å². The number of fused-ring (bicyclic) bond motifs is 2. The molecule has 2 aromatic carbocycles. The molecule has 204 valence electrons. The Bertz CT molecular complexity index is 1340. The minimum atomic E-state index is 0.111. The van der Waals surface area contributed by atoms with E-state index in [1.807, 2.05) is 11.0 Å². The van der Waals surface area contributed by atoms with Crippen molar-refractivity contribution in [1.82, 2.24) is 19.8 Å². The fourth-order valence-electron chi connectivity index (χ4n) is 6.12. The molecule has 0 spiro atoms. The van der Waals surface area contributed by atoms with E-state index in [4.69, 9.17) is 14.7 Å². The van der Waals surface area contributed by atoms with Crippen molar-refractivity contribution in [2.45, 2.75) is 32.2 Å². The molecule has 0 saturated carbocycles. The smallest absolute Gasteiger partial charge is 0.318 e. The van der Waals surface area contributed by atoms with E-state index >= 15 is 0 Å². The Morgan fingerprint density at radius 1 is 0.897 bits per heavy atom. The molecule has 0 bridgehead atoms. The normalized spacial score (nSPS) is 18.5. The van der Waals surface area contributed by atoms with Gasteiger partial charge < -0.3 is 19.4 Å². The zero-order valence-electron chi connectivity index (χ0n) is 22.9. The molecule has 2 fully saturated rings. The molecule has 3 aliphatic heterocycles. The van der Waals surface area contributed by atoms with E-state index < -0.39 is 0 Å². The molecule has 0 unspecified atom stereocenters. The van der Waals surface area contributed by atoms with Crippen LogP contribution in [-0.2, 0) is 17.8 Å². The van der Waals surface area contributed by atoms with Crippen LogP contribution in [0, 0.1) is 0 Å². The molecule has 1 amide bonds. The van der Waals surface area contributed by atoms with Gasteiger partial charge in [-0.3, -0.25) is 9.69 Å². The van der Waals surface area contributed by atoms with Gasteiger partial charge in [0.05, 0.1) is 19.3 Å². The number of benzene rings is 2. The van der Waals surface area contributed by atoms with Crippen LogP contribution in [0.3, 0.4) is 0 Å². The van der Waals surface area contributed by atoms with Gasteiger partial charge in [-0.25, -0.2) is 0 Å². The summed E-state index contributed by atoms with van der Waals surface area (Å²) in [5.74, 6) is 1.07. The summed E-state index contributed by atoms with van der Waals surface area (Å²) < 4.78 is 5.53. The van der Waals surface area contributed by atoms with E-state index in [-0.39, 0.29) is 5.91 Å². The summed E-state index contributed by atoms with van der Waals surface area (Å²) in [4.78, 5) is 31.5. The van der Waals surface area contributed by atoms with Crippen molar-refractivity contribution in [1.29, 1.82) is 0 Å². The van der Waals surface area contributed by atoms with Crippen LogP contribution < -0.4 is 14.5 Å². The highest BCUT2D eigenvalue weighted by Gasteiger charge is 2.28. The number of hydrogen-bond donors (Lipinski definition) is 0. The molecule has 3 aliphatic rings. The number of methoxy groups -OCH3 is 1. The highest BCUT2D eigenvalue weighted by atomic mass is 16.5. The number of anilines is 2. The number of carbonyl (C=O) groups is 1. The molecule has 0 N–H and O–H groups in total. The van der Waals surface area contributed by atoms with Gasteiger partial charge in [0, 0.05) is 62.0 Å². The summed E-state index contributed by atoms with van der Waals surface area (Å²) in [6.45, 7) is 7.67. The summed E-state index contributed by atoms with van der Waals surface area (Å²) >= 11 is 0. The van der Waals surface area contributed by atoms with Crippen molar-refractivity contribution < 1.29 is 9.53 Å². The second-order valence-corrected chi connectivity index (χ2v) is 10.7. The Morgan fingerprint density at radius 3 is 2.51 bits per heavy atom. The lowest BCUT2D eigenvalue weighted by molar-refractivity contribution is -0.126. The van der Waals surface area contributed by atoms with Gasteiger partial charge in [-0.1, -0.05) is 48.9 Å². The van der Waals surface area contributed by atoms with E-state index in [1.54, 1.807) is 13.2 Å². The lowest BCUT2D eigenvalue weighted by Gasteiger charge is -2.38. The second kappa shape index (κ2) is 11.6. The van der Waals surface area contributed by atoms with Crippen LogP contribution in [0.25, 0.3) is 10.8 Å². The largest absolute Gasteiger partial charge is 0.467 e.